The Hall–Kier alpha value is -1.11. The molecule has 0 atom stereocenters. The van der Waals surface area contributed by atoms with E-state index in [1.807, 2.05) is 39.9 Å². The molecule has 3 N–H and O–H groups in total. The van der Waals surface area contributed by atoms with Gasteiger partial charge in [-0.1, -0.05) is 13.8 Å². The van der Waals surface area contributed by atoms with Crippen molar-refractivity contribution < 1.29 is 9.90 Å². The predicted octanol–water partition coefficient (Wildman–Crippen LogP) is 0.284. The first-order chi connectivity index (χ1) is 9.60. The molecule has 6 nitrogen and oxygen atoms in total. The molecule has 0 aliphatic heterocycles. The van der Waals surface area contributed by atoms with Crippen LogP contribution in [0, 0.1) is 0 Å². The summed E-state index contributed by atoms with van der Waals surface area (Å²) in [6, 6.07) is 0. The van der Waals surface area contributed by atoms with Crippen LogP contribution in [0.4, 0.5) is 0 Å². The third-order valence-electron chi connectivity index (χ3n) is 2.60. The van der Waals surface area contributed by atoms with Crippen LogP contribution in [0.2, 0.25) is 0 Å². The highest BCUT2D eigenvalue weighted by Gasteiger charge is 2.04. The van der Waals surface area contributed by atoms with Gasteiger partial charge in [-0.2, -0.15) is 0 Å². The number of likely N-dealkylation sites (N-methyl/N-ethyl adjacent to an activating group) is 3. The average molecular weight is 288 g/mol. The van der Waals surface area contributed by atoms with Crippen LogP contribution in [0.3, 0.4) is 0 Å². The molecule has 6 heteroatoms. The van der Waals surface area contributed by atoms with Gasteiger partial charge in [-0.3, -0.25) is 4.90 Å². The summed E-state index contributed by atoms with van der Waals surface area (Å²) in [5.41, 5.74) is 0. The molecule has 0 fully saturated rings. The molecule has 0 aromatic carbocycles. The number of carboxylic acids is 1. The van der Waals surface area contributed by atoms with E-state index in [1.165, 1.54) is 0 Å². The average Bonchev–Trinajstić information content (AvgIpc) is 2.46. The highest BCUT2D eigenvalue weighted by Crippen LogP contribution is 1.91. The molecule has 0 saturated heterocycles. The number of aliphatic carboxylic acids is 1. The Labute approximate surface area is 123 Å². The van der Waals surface area contributed by atoms with Crippen LogP contribution in [-0.4, -0.2) is 81.3 Å². The van der Waals surface area contributed by atoms with Crippen LogP contribution in [-0.2, 0) is 4.79 Å². The fourth-order valence-corrected chi connectivity index (χ4v) is 1.44. The minimum Gasteiger partial charge on any atom is -0.478 e. The number of rotatable bonds is 11. The zero-order chi connectivity index (χ0) is 15.8. The monoisotopic (exact) mass is 288 g/mol. The van der Waals surface area contributed by atoms with Gasteiger partial charge in [-0.15, -0.1) is 0 Å². The topological polar surface area (TPSA) is 67.8 Å². The summed E-state index contributed by atoms with van der Waals surface area (Å²) in [4.78, 5) is 14.6. The van der Waals surface area contributed by atoms with Gasteiger partial charge < -0.3 is 20.6 Å². The number of hydrogen-bond donors (Lipinski definition) is 3. The Morgan fingerprint density at radius 3 is 1.95 bits per heavy atom. The van der Waals surface area contributed by atoms with E-state index in [9.17, 15) is 4.79 Å². The first-order valence-corrected chi connectivity index (χ1v) is 7.23. The van der Waals surface area contributed by atoms with Gasteiger partial charge in [0.2, 0.25) is 0 Å². The first kappa shape index (κ1) is 21.2. The Morgan fingerprint density at radius 1 is 1.05 bits per heavy atom. The molecule has 0 aromatic rings. The highest BCUT2D eigenvalue weighted by atomic mass is 16.4. The van der Waals surface area contributed by atoms with E-state index >= 15 is 0 Å². The van der Waals surface area contributed by atoms with Crippen LogP contribution < -0.4 is 10.6 Å². The van der Waals surface area contributed by atoms with Crippen LogP contribution in [0.5, 0.6) is 0 Å². The second kappa shape index (κ2) is 15.9. The van der Waals surface area contributed by atoms with Gasteiger partial charge in [0.05, 0.1) is 0 Å². The maximum atomic E-state index is 10.4. The molecule has 0 aromatic heterocycles. The standard InChI is InChI=1S/C12H26N4O2.C2H6/c1-13-5-8-16(9-6-14-2)11-10-15(3)7-4-12(17)18;1-2/h4,7,13-14H,5-6,8-11H2,1-3H3,(H,17,18);1-2H3/b7-4+;. The minimum absolute atomic E-state index is 0.817. The SMILES string of the molecule is CC.CNCCN(CCNC)CCN(C)/C=C/C(=O)O. The fraction of sp³-hybridized carbons (Fsp3) is 0.786. The fourth-order valence-electron chi connectivity index (χ4n) is 1.44. The van der Waals surface area contributed by atoms with Gasteiger partial charge in [-0.25, -0.2) is 4.79 Å². The molecule has 0 radical (unpaired) electrons. The molecule has 0 saturated carbocycles. The zero-order valence-corrected chi connectivity index (χ0v) is 13.6. The Balaban J connectivity index is 0. The van der Waals surface area contributed by atoms with E-state index < -0.39 is 5.97 Å². The lowest BCUT2D eigenvalue weighted by atomic mass is 10.4. The summed E-state index contributed by atoms with van der Waals surface area (Å²) in [6.45, 7) is 9.64. The number of hydrogen-bond acceptors (Lipinski definition) is 5. The molecule has 0 heterocycles. The van der Waals surface area contributed by atoms with Crippen molar-refractivity contribution in [3.63, 3.8) is 0 Å². The molecular formula is C14H32N4O2. The maximum absolute atomic E-state index is 10.4. The van der Waals surface area contributed by atoms with Crippen molar-refractivity contribution in [3.05, 3.63) is 12.3 Å². The Morgan fingerprint density at radius 2 is 1.55 bits per heavy atom. The van der Waals surface area contributed by atoms with Crippen molar-refractivity contribution in [3.8, 4) is 0 Å². The number of nitrogens with zero attached hydrogens (tertiary/aromatic N) is 2. The third kappa shape index (κ3) is 14.9. The lowest BCUT2D eigenvalue weighted by Gasteiger charge is -2.24. The van der Waals surface area contributed by atoms with Crippen LogP contribution in [0.15, 0.2) is 12.3 Å². The quantitative estimate of drug-likeness (QED) is 0.475. The lowest BCUT2D eigenvalue weighted by Crippen LogP contribution is -2.39. The summed E-state index contributed by atoms with van der Waals surface area (Å²) in [6.07, 6.45) is 2.75. The molecule has 20 heavy (non-hydrogen) atoms. The number of carbonyl (C=O) groups is 1. The normalized spacial score (nSPS) is 10.5. The zero-order valence-electron chi connectivity index (χ0n) is 13.6. The summed E-state index contributed by atoms with van der Waals surface area (Å²) >= 11 is 0. The largest absolute Gasteiger partial charge is 0.478 e. The summed E-state index contributed by atoms with van der Waals surface area (Å²) in [5, 5.41) is 14.8. The molecule has 0 aliphatic carbocycles. The highest BCUT2D eigenvalue weighted by molar-refractivity contribution is 5.79. The van der Waals surface area contributed by atoms with Gasteiger partial charge in [0.1, 0.15) is 0 Å². The van der Waals surface area contributed by atoms with Gasteiger partial charge in [0.25, 0.3) is 0 Å². The Kier molecular flexibility index (Phi) is 16.9. The summed E-state index contributed by atoms with van der Waals surface area (Å²) in [7, 11) is 5.77. The second-order valence-corrected chi connectivity index (χ2v) is 4.18. The predicted molar refractivity (Wildman–Crippen MR) is 85.0 cm³/mol. The van der Waals surface area contributed by atoms with Crippen molar-refractivity contribution in [1.29, 1.82) is 0 Å². The van der Waals surface area contributed by atoms with Gasteiger partial charge in [-0.05, 0) is 14.1 Å². The molecule has 0 bridgehead atoms. The van der Waals surface area contributed by atoms with E-state index in [4.69, 9.17) is 5.11 Å². The number of carboxylic acid groups (broad SMARTS) is 1. The Bertz CT molecular complexity index is 239. The lowest BCUT2D eigenvalue weighted by molar-refractivity contribution is -0.131. The van der Waals surface area contributed by atoms with E-state index in [-0.39, 0.29) is 0 Å². The molecular weight excluding hydrogens is 256 g/mol. The third-order valence-corrected chi connectivity index (χ3v) is 2.60. The molecule has 120 valence electrons. The minimum atomic E-state index is -0.913. The van der Waals surface area contributed by atoms with Crippen LogP contribution >= 0.6 is 0 Å². The van der Waals surface area contributed by atoms with Crippen molar-refractivity contribution in [2.24, 2.45) is 0 Å². The van der Waals surface area contributed by atoms with E-state index in [1.54, 1.807) is 6.20 Å². The van der Waals surface area contributed by atoms with E-state index in [2.05, 4.69) is 15.5 Å². The van der Waals surface area contributed by atoms with Gasteiger partial charge >= 0.3 is 5.97 Å². The van der Waals surface area contributed by atoms with Crippen molar-refractivity contribution in [1.82, 2.24) is 20.4 Å². The van der Waals surface area contributed by atoms with Crippen molar-refractivity contribution in [2.75, 3.05) is 60.4 Å². The molecule has 0 aliphatic rings. The van der Waals surface area contributed by atoms with Crippen molar-refractivity contribution in [2.45, 2.75) is 13.8 Å². The molecule has 0 amide bonds. The van der Waals surface area contributed by atoms with Crippen LogP contribution in [0.1, 0.15) is 13.8 Å². The second-order valence-electron chi connectivity index (χ2n) is 4.18. The maximum Gasteiger partial charge on any atom is 0.329 e. The first-order valence-electron chi connectivity index (χ1n) is 7.23. The van der Waals surface area contributed by atoms with E-state index in [0.29, 0.717) is 0 Å². The van der Waals surface area contributed by atoms with E-state index in [0.717, 1.165) is 45.3 Å². The molecule has 0 spiro atoms. The molecule has 0 rings (SSSR count). The van der Waals surface area contributed by atoms with Crippen molar-refractivity contribution >= 4 is 5.97 Å². The smallest absolute Gasteiger partial charge is 0.329 e. The number of nitrogens with one attached hydrogen (secondary N) is 2. The van der Waals surface area contributed by atoms with Gasteiger partial charge in [0, 0.05) is 58.6 Å². The van der Waals surface area contributed by atoms with Gasteiger partial charge in [0.15, 0.2) is 0 Å². The van der Waals surface area contributed by atoms with Crippen LogP contribution in [0.25, 0.3) is 0 Å². The summed E-state index contributed by atoms with van der Waals surface area (Å²) in [5.74, 6) is -0.913. The molecule has 0 unspecified atom stereocenters. The summed E-state index contributed by atoms with van der Waals surface area (Å²) < 4.78 is 0.